The van der Waals surface area contributed by atoms with E-state index in [0.717, 1.165) is 12.8 Å². The van der Waals surface area contributed by atoms with Gasteiger partial charge >= 0.3 is 0 Å². The summed E-state index contributed by atoms with van der Waals surface area (Å²) < 4.78 is 5.20. The van der Waals surface area contributed by atoms with E-state index in [1.54, 1.807) is 0 Å². The molecule has 6 heteroatoms. The lowest BCUT2D eigenvalue weighted by molar-refractivity contribution is -0.135. The predicted octanol–water partition coefficient (Wildman–Crippen LogP) is -0.508. The number of carbonyl (C=O) groups is 2. The van der Waals surface area contributed by atoms with Gasteiger partial charge in [-0.25, -0.2) is 0 Å². The predicted molar refractivity (Wildman–Crippen MR) is 70.6 cm³/mol. The number of amides is 2. The summed E-state index contributed by atoms with van der Waals surface area (Å²) in [4.78, 5) is 25.4. The van der Waals surface area contributed by atoms with Crippen molar-refractivity contribution in [1.82, 2.24) is 15.5 Å². The molecule has 2 N–H and O–H groups in total. The molecule has 0 aromatic heterocycles. The summed E-state index contributed by atoms with van der Waals surface area (Å²) in [7, 11) is 0. The SMILES string of the molecule is CC(NCCC(=O)N1CCOCC1)C(=O)NC1CC1. The molecule has 19 heavy (non-hydrogen) atoms. The van der Waals surface area contributed by atoms with Gasteiger partial charge < -0.3 is 20.3 Å². The van der Waals surface area contributed by atoms with Crippen LogP contribution >= 0.6 is 0 Å². The summed E-state index contributed by atoms with van der Waals surface area (Å²) in [5.74, 6) is 0.159. The minimum atomic E-state index is -0.238. The van der Waals surface area contributed by atoms with Crippen molar-refractivity contribution in [3.63, 3.8) is 0 Å². The van der Waals surface area contributed by atoms with Crippen LogP contribution in [0.2, 0.25) is 0 Å². The van der Waals surface area contributed by atoms with Crippen molar-refractivity contribution in [2.45, 2.75) is 38.3 Å². The van der Waals surface area contributed by atoms with Crippen molar-refractivity contribution >= 4 is 11.8 Å². The van der Waals surface area contributed by atoms with Crippen molar-refractivity contribution in [2.24, 2.45) is 0 Å². The highest BCUT2D eigenvalue weighted by atomic mass is 16.5. The monoisotopic (exact) mass is 269 g/mol. The van der Waals surface area contributed by atoms with E-state index in [1.165, 1.54) is 0 Å². The van der Waals surface area contributed by atoms with Gasteiger partial charge in [0.1, 0.15) is 0 Å². The molecular formula is C13H23N3O3. The van der Waals surface area contributed by atoms with E-state index in [9.17, 15) is 9.59 Å². The summed E-state index contributed by atoms with van der Waals surface area (Å²) in [6, 6.07) is 0.143. The van der Waals surface area contributed by atoms with Gasteiger partial charge in [0.2, 0.25) is 11.8 Å². The Labute approximate surface area is 113 Å². The molecule has 2 fully saturated rings. The standard InChI is InChI=1S/C13H23N3O3/c1-10(13(18)15-11-2-3-11)14-5-4-12(17)16-6-8-19-9-7-16/h10-11,14H,2-9H2,1H3,(H,15,18). The van der Waals surface area contributed by atoms with E-state index < -0.39 is 0 Å². The first-order chi connectivity index (χ1) is 9.16. The molecule has 1 aliphatic carbocycles. The van der Waals surface area contributed by atoms with E-state index in [4.69, 9.17) is 4.74 Å². The Morgan fingerprint density at radius 2 is 2.00 bits per heavy atom. The van der Waals surface area contributed by atoms with Gasteiger partial charge in [0.25, 0.3) is 0 Å². The van der Waals surface area contributed by atoms with Crippen LogP contribution in [-0.2, 0) is 14.3 Å². The first-order valence-electron chi connectivity index (χ1n) is 7.06. The van der Waals surface area contributed by atoms with Gasteiger partial charge in [0.05, 0.1) is 19.3 Å². The normalized spacial score (nSPS) is 21.0. The molecule has 0 spiro atoms. The van der Waals surface area contributed by atoms with Crippen LogP contribution in [0.4, 0.5) is 0 Å². The third-order valence-electron chi connectivity index (χ3n) is 3.47. The maximum Gasteiger partial charge on any atom is 0.237 e. The third kappa shape index (κ3) is 4.80. The summed E-state index contributed by atoms with van der Waals surface area (Å²) in [6.45, 7) is 4.97. The van der Waals surface area contributed by atoms with E-state index >= 15 is 0 Å². The summed E-state index contributed by atoms with van der Waals surface area (Å²) in [5.41, 5.74) is 0. The topological polar surface area (TPSA) is 70.7 Å². The van der Waals surface area contributed by atoms with Gasteiger partial charge in [-0.3, -0.25) is 9.59 Å². The van der Waals surface area contributed by atoms with Gasteiger partial charge in [-0.2, -0.15) is 0 Å². The second kappa shape index (κ2) is 6.86. The van der Waals surface area contributed by atoms with Crippen LogP contribution in [-0.4, -0.2) is 61.6 Å². The molecule has 2 amide bonds. The van der Waals surface area contributed by atoms with Crippen molar-refractivity contribution < 1.29 is 14.3 Å². The van der Waals surface area contributed by atoms with E-state index in [-0.39, 0.29) is 17.9 Å². The highest BCUT2D eigenvalue weighted by Gasteiger charge is 2.25. The summed E-state index contributed by atoms with van der Waals surface area (Å²) >= 11 is 0. The Bertz CT molecular complexity index is 325. The van der Waals surface area contributed by atoms with Crippen LogP contribution in [0.1, 0.15) is 26.2 Å². The number of rotatable bonds is 6. The number of hydrogen-bond acceptors (Lipinski definition) is 4. The number of morpholine rings is 1. The van der Waals surface area contributed by atoms with Gasteiger partial charge in [-0.1, -0.05) is 0 Å². The van der Waals surface area contributed by atoms with Crippen LogP contribution in [0.15, 0.2) is 0 Å². The second-order valence-electron chi connectivity index (χ2n) is 5.20. The van der Waals surface area contributed by atoms with Crippen molar-refractivity contribution in [3.05, 3.63) is 0 Å². The van der Waals surface area contributed by atoms with Gasteiger partial charge in [0, 0.05) is 32.1 Å². The molecular weight excluding hydrogens is 246 g/mol. The van der Waals surface area contributed by atoms with Crippen LogP contribution in [0.3, 0.4) is 0 Å². The lowest BCUT2D eigenvalue weighted by Gasteiger charge is -2.27. The summed E-state index contributed by atoms with van der Waals surface area (Å²) in [5, 5.41) is 6.04. The molecule has 0 aromatic rings. The molecule has 1 aliphatic heterocycles. The van der Waals surface area contributed by atoms with Crippen LogP contribution < -0.4 is 10.6 Å². The minimum absolute atomic E-state index is 0.0290. The molecule has 0 aromatic carbocycles. The zero-order chi connectivity index (χ0) is 13.7. The average Bonchev–Trinajstić information content (AvgIpc) is 3.23. The second-order valence-corrected chi connectivity index (χ2v) is 5.20. The molecule has 1 saturated heterocycles. The van der Waals surface area contributed by atoms with E-state index in [1.807, 2.05) is 11.8 Å². The van der Waals surface area contributed by atoms with Gasteiger partial charge in [0.15, 0.2) is 0 Å². The molecule has 0 radical (unpaired) electrons. The maximum absolute atomic E-state index is 11.9. The Kier molecular flexibility index (Phi) is 5.15. The molecule has 1 heterocycles. The zero-order valence-electron chi connectivity index (χ0n) is 11.5. The fraction of sp³-hybridized carbons (Fsp3) is 0.846. The summed E-state index contributed by atoms with van der Waals surface area (Å²) in [6.07, 6.45) is 2.61. The largest absolute Gasteiger partial charge is 0.378 e. The number of nitrogens with one attached hydrogen (secondary N) is 2. The lowest BCUT2D eigenvalue weighted by atomic mass is 10.2. The number of ether oxygens (including phenoxy) is 1. The first kappa shape index (κ1) is 14.3. The Balaban J connectivity index is 1.59. The highest BCUT2D eigenvalue weighted by molar-refractivity contribution is 5.82. The molecule has 2 rings (SSSR count). The zero-order valence-corrected chi connectivity index (χ0v) is 11.5. The minimum Gasteiger partial charge on any atom is -0.378 e. The number of hydrogen-bond donors (Lipinski definition) is 2. The molecule has 1 saturated carbocycles. The lowest BCUT2D eigenvalue weighted by Crippen LogP contribution is -2.45. The average molecular weight is 269 g/mol. The fourth-order valence-corrected chi connectivity index (χ4v) is 2.01. The van der Waals surface area contributed by atoms with Crippen molar-refractivity contribution in [2.75, 3.05) is 32.8 Å². The van der Waals surface area contributed by atoms with Gasteiger partial charge in [-0.05, 0) is 19.8 Å². The van der Waals surface area contributed by atoms with E-state index in [2.05, 4.69) is 10.6 Å². The number of nitrogens with zero attached hydrogens (tertiary/aromatic N) is 1. The van der Waals surface area contributed by atoms with Crippen LogP contribution in [0.25, 0.3) is 0 Å². The molecule has 0 bridgehead atoms. The highest BCUT2D eigenvalue weighted by Crippen LogP contribution is 2.18. The fourth-order valence-electron chi connectivity index (χ4n) is 2.01. The Morgan fingerprint density at radius 1 is 1.32 bits per heavy atom. The molecule has 1 atom stereocenters. The maximum atomic E-state index is 11.9. The third-order valence-corrected chi connectivity index (χ3v) is 3.47. The van der Waals surface area contributed by atoms with Gasteiger partial charge in [-0.15, -0.1) is 0 Å². The van der Waals surface area contributed by atoms with Crippen molar-refractivity contribution in [3.8, 4) is 0 Å². The van der Waals surface area contributed by atoms with Crippen LogP contribution in [0.5, 0.6) is 0 Å². The molecule has 1 unspecified atom stereocenters. The smallest absolute Gasteiger partial charge is 0.237 e. The Morgan fingerprint density at radius 3 is 2.63 bits per heavy atom. The van der Waals surface area contributed by atoms with Crippen molar-refractivity contribution in [1.29, 1.82) is 0 Å². The van der Waals surface area contributed by atoms with Crippen LogP contribution in [0, 0.1) is 0 Å². The quantitative estimate of drug-likeness (QED) is 0.681. The molecule has 2 aliphatic rings. The first-order valence-corrected chi connectivity index (χ1v) is 7.06. The molecule has 108 valence electrons. The Hall–Kier alpha value is -1.14. The molecule has 6 nitrogen and oxygen atoms in total. The van der Waals surface area contributed by atoms with E-state index in [0.29, 0.717) is 45.3 Å². The number of carbonyl (C=O) groups excluding carboxylic acids is 2.